The minimum absolute atomic E-state index is 0.109. The van der Waals surface area contributed by atoms with Gasteiger partial charge in [-0.1, -0.05) is 12.1 Å². The molecular formula is C19H25NO3S. The quantitative estimate of drug-likeness (QED) is 0.900. The highest BCUT2D eigenvalue weighted by Gasteiger charge is 2.40. The molecule has 2 aliphatic heterocycles. The fraction of sp³-hybridized carbons (Fsp3) is 0.579. The Bertz CT molecular complexity index is 708. The van der Waals surface area contributed by atoms with E-state index < -0.39 is 0 Å². The van der Waals surface area contributed by atoms with E-state index in [1.807, 2.05) is 23.9 Å². The lowest BCUT2D eigenvalue weighted by Crippen LogP contribution is -2.47. The summed E-state index contributed by atoms with van der Waals surface area (Å²) in [5, 5.41) is 4.85. The molecular weight excluding hydrogens is 322 g/mol. The monoisotopic (exact) mass is 347 g/mol. The van der Waals surface area contributed by atoms with Crippen LogP contribution in [0.5, 0.6) is 5.75 Å². The van der Waals surface area contributed by atoms with Crippen molar-refractivity contribution >= 4 is 22.7 Å². The Kier molecular flexibility index (Phi) is 4.50. The summed E-state index contributed by atoms with van der Waals surface area (Å²) in [5.74, 6) is 4.13. The van der Waals surface area contributed by atoms with E-state index in [0.29, 0.717) is 6.04 Å². The molecule has 4 nitrogen and oxygen atoms in total. The molecule has 24 heavy (non-hydrogen) atoms. The van der Waals surface area contributed by atoms with Gasteiger partial charge in [-0.3, -0.25) is 0 Å². The van der Waals surface area contributed by atoms with Crippen LogP contribution in [-0.4, -0.2) is 36.9 Å². The van der Waals surface area contributed by atoms with Gasteiger partial charge >= 0.3 is 0 Å². The summed E-state index contributed by atoms with van der Waals surface area (Å²) in [6, 6.07) is 8.79. The van der Waals surface area contributed by atoms with E-state index in [1.165, 1.54) is 12.2 Å². The highest BCUT2D eigenvalue weighted by molar-refractivity contribution is 7.99. The van der Waals surface area contributed by atoms with E-state index in [9.17, 15) is 0 Å². The number of rotatable bonds is 4. The highest BCUT2D eigenvalue weighted by atomic mass is 32.2. The fourth-order valence-corrected chi connectivity index (χ4v) is 5.28. The molecule has 1 N–H and O–H groups in total. The van der Waals surface area contributed by atoms with E-state index in [4.69, 9.17) is 13.9 Å². The van der Waals surface area contributed by atoms with E-state index >= 15 is 0 Å². The molecule has 2 aliphatic rings. The van der Waals surface area contributed by atoms with Crippen LogP contribution in [0.2, 0.25) is 0 Å². The number of ether oxygens (including phenoxy) is 2. The number of nitrogens with one attached hydrogen (secondary N) is 1. The third-order valence-electron chi connectivity index (χ3n) is 5.22. The first-order valence-corrected chi connectivity index (χ1v) is 9.89. The Labute approximate surface area is 147 Å². The molecule has 4 rings (SSSR count). The van der Waals surface area contributed by atoms with E-state index in [2.05, 4.69) is 24.4 Å². The summed E-state index contributed by atoms with van der Waals surface area (Å²) in [7, 11) is 1.68. The zero-order chi connectivity index (χ0) is 16.6. The lowest BCUT2D eigenvalue weighted by molar-refractivity contribution is -0.0714. The predicted octanol–water partition coefficient (Wildman–Crippen LogP) is 4.15. The van der Waals surface area contributed by atoms with Gasteiger partial charge in [0.1, 0.15) is 5.76 Å². The van der Waals surface area contributed by atoms with Crippen LogP contribution in [0.15, 0.2) is 28.7 Å². The molecule has 1 aromatic heterocycles. The molecule has 2 aromatic rings. The minimum Gasteiger partial charge on any atom is -0.493 e. The van der Waals surface area contributed by atoms with Gasteiger partial charge in [0.05, 0.1) is 18.8 Å². The lowest BCUT2D eigenvalue weighted by Gasteiger charge is -2.39. The van der Waals surface area contributed by atoms with Crippen LogP contribution in [0.25, 0.3) is 11.0 Å². The highest BCUT2D eigenvalue weighted by Crippen LogP contribution is 2.39. The molecule has 0 saturated carbocycles. The molecule has 130 valence electrons. The average Bonchev–Trinajstić information content (AvgIpc) is 3.21. The number of methoxy groups -OCH3 is 1. The summed E-state index contributed by atoms with van der Waals surface area (Å²) in [6.07, 6.45) is 3.36. The standard InChI is InChI=1S/C19H25NO3S/c1-13(17-10-14-4-3-5-16(21-2)18(14)23-17)20-15-6-8-22-19(11-15)7-9-24-12-19/h3-5,10,13,15,20H,6-9,11-12H2,1-2H3/t13-,15+,19-/m0/s1. The molecule has 0 bridgehead atoms. The van der Waals surface area contributed by atoms with Gasteiger partial charge in [0.2, 0.25) is 0 Å². The number of fused-ring (bicyclic) bond motifs is 1. The van der Waals surface area contributed by atoms with Crippen LogP contribution in [0.3, 0.4) is 0 Å². The zero-order valence-electron chi connectivity index (χ0n) is 14.3. The van der Waals surface area contributed by atoms with Crippen molar-refractivity contribution < 1.29 is 13.9 Å². The van der Waals surface area contributed by atoms with Gasteiger partial charge in [-0.05, 0) is 44.1 Å². The maximum atomic E-state index is 6.12. The average molecular weight is 347 g/mol. The van der Waals surface area contributed by atoms with Crippen molar-refractivity contribution in [3.8, 4) is 5.75 Å². The second-order valence-electron chi connectivity index (χ2n) is 6.94. The van der Waals surface area contributed by atoms with Crippen molar-refractivity contribution in [2.75, 3.05) is 25.2 Å². The van der Waals surface area contributed by atoms with Crippen LogP contribution in [0.4, 0.5) is 0 Å². The fourth-order valence-electron chi connectivity index (χ4n) is 3.90. The summed E-state index contributed by atoms with van der Waals surface area (Å²) in [5.41, 5.74) is 0.941. The normalized spacial score (nSPS) is 28.5. The molecule has 0 unspecified atom stereocenters. The van der Waals surface area contributed by atoms with E-state index in [-0.39, 0.29) is 11.6 Å². The Morgan fingerprint density at radius 2 is 2.33 bits per heavy atom. The molecule has 3 heterocycles. The number of furan rings is 1. The Morgan fingerprint density at radius 1 is 1.42 bits per heavy atom. The second-order valence-corrected chi connectivity index (χ2v) is 8.04. The first-order valence-electron chi connectivity index (χ1n) is 8.73. The molecule has 0 aliphatic carbocycles. The lowest BCUT2D eigenvalue weighted by atomic mass is 9.89. The van der Waals surface area contributed by atoms with E-state index in [1.54, 1.807) is 7.11 Å². The summed E-state index contributed by atoms with van der Waals surface area (Å²) in [4.78, 5) is 0. The number of para-hydroxylation sites is 1. The number of thioether (sulfide) groups is 1. The van der Waals surface area contributed by atoms with Crippen LogP contribution < -0.4 is 10.1 Å². The Morgan fingerprint density at radius 3 is 3.12 bits per heavy atom. The summed E-state index contributed by atoms with van der Waals surface area (Å²) >= 11 is 2.02. The zero-order valence-corrected chi connectivity index (χ0v) is 15.2. The van der Waals surface area contributed by atoms with Crippen molar-refractivity contribution in [3.05, 3.63) is 30.0 Å². The van der Waals surface area contributed by atoms with Crippen LogP contribution in [-0.2, 0) is 4.74 Å². The van der Waals surface area contributed by atoms with Gasteiger partial charge in [0.15, 0.2) is 11.3 Å². The molecule has 3 atom stereocenters. The van der Waals surface area contributed by atoms with Crippen molar-refractivity contribution in [1.29, 1.82) is 0 Å². The van der Waals surface area contributed by atoms with Crippen LogP contribution in [0.1, 0.15) is 38.0 Å². The smallest absolute Gasteiger partial charge is 0.176 e. The van der Waals surface area contributed by atoms with Crippen molar-refractivity contribution in [2.45, 2.75) is 43.9 Å². The van der Waals surface area contributed by atoms with Gasteiger partial charge in [-0.2, -0.15) is 11.8 Å². The number of hydrogen-bond donors (Lipinski definition) is 1. The molecule has 0 radical (unpaired) electrons. The molecule has 0 amide bonds. The van der Waals surface area contributed by atoms with Gasteiger partial charge in [0.25, 0.3) is 0 Å². The maximum Gasteiger partial charge on any atom is 0.176 e. The van der Waals surface area contributed by atoms with Crippen molar-refractivity contribution in [3.63, 3.8) is 0 Å². The van der Waals surface area contributed by atoms with Gasteiger partial charge in [0, 0.05) is 23.8 Å². The van der Waals surface area contributed by atoms with Crippen LogP contribution in [0, 0.1) is 0 Å². The molecule has 5 heteroatoms. The predicted molar refractivity (Wildman–Crippen MR) is 98.0 cm³/mol. The molecule has 1 aromatic carbocycles. The third-order valence-corrected chi connectivity index (χ3v) is 6.44. The third kappa shape index (κ3) is 3.05. The van der Waals surface area contributed by atoms with Gasteiger partial charge < -0.3 is 19.2 Å². The number of hydrogen-bond acceptors (Lipinski definition) is 5. The second kappa shape index (κ2) is 6.62. The largest absolute Gasteiger partial charge is 0.493 e. The molecule has 2 saturated heterocycles. The number of benzene rings is 1. The summed E-state index contributed by atoms with van der Waals surface area (Å²) < 4.78 is 17.6. The maximum absolute atomic E-state index is 6.12. The Balaban J connectivity index is 1.48. The van der Waals surface area contributed by atoms with E-state index in [0.717, 1.165) is 47.7 Å². The van der Waals surface area contributed by atoms with Crippen molar-refractivity contribution in [2.24, 2.45) is 0 Å². The molecule has 2 fully saturated rings. The SMILES string of the molecule is COc1cccc2cc([C@H](C)N[C@@H]3CCO[C@@]4(CCSC4)C3)oc12. The van der Waals surface area contributed by atoms with Crippen LogP contribution >= 0.6 is 11.8 Å². The summed E-state index contributed by atoms with van der Waals surface area (Å²) in [6.45, 7) is 3.04. The first-order chi connectivity index (χ1) is 11.7. The van der Waals surface area contributed by atoms with Gasteiger partial charge in [-0.25, -0.2) is 0 Å². The minimum atomic E-state index is 0.109. The molecule has 1 spiro atoms. The van der Waals surface area contributed by atoms with Gasteiger partial charge in [-0.15, -0.1) is 0 Å². The Hall–Kier alpha value is -1.17. The topological polar surface area (TPSA) is 43.6 Å². The van der Waals surface area contributed by atoms with Crippen molar-refractivity contribution in [1.82, 2.24) is 5.32 Å². The first kappa shape index (κ1) is 16.3.